The Kier molecular flexibility index (Phi) is 6.35. The van der Waals surface area contributed by atoms with E-state index in [1.807, 2.05) is 0 Å². The number of hydrogen-bond acceptors (Lipinski definition) is 3. The Morgan fingerprint density at radius 2 is 2.23 bits per heavy atom. The summed E-state index contributed by atoms with van der Waals surface area (Å²) < 4.78 is 13.0. The Bertz CT molecular complexity index is 541. The Morgan fingerprint density at radius 1 is 1.36 bits per heavy atom. The van der Waals surface area contributed by atoms with Crippen LogP contribution in [-0.2, 0) is 11.2 Å². The first-order valence-corrected chi connectivity index (χ1v) is 7.81. The van der Waals surface area contributed by atoms with Crippen LogP contribution in [0.25, 0.3) is 0 Å². The van der Waals surface area contributed by atoms with E-state index in [1.165, 1.54) is 12.1 Å². The number of nitriles is 1. The molecule has 0 saturated heterocycles. The Labute approximate surface area is 130 Å². The van der Waals surface area contributed by atoms with Gasteiger partial charge in [0.15, 0.2) is 0 Å². The molecular weight excluding hydrogens is 281 g/mol. The molecule has 0 spiro atoms. The highest BCUT2D eigenvalue weighted by atomic mass is 19.1. The molecule has 0 radical (unpaired) electrons. The van der Waals surface area contributed by atoms with Gasteiger partial charge in [0, 0.05) is 25.0 Å². The summed E-state index contributed by atoms with van der Waals surface area (Å²) >= 11 is 0. The second-order valence-electron chi connectivity index (χ2n) is 5.80. The predicted molar refractivity (Wildman–Crippen MR) is 82.5 cm³/mol. The summed E-state index contributed by atoms with van der Waals surface area (Å²) in [5.41, 5.74) is 0.676. The summed E-state index contributed by atoms with van der Waals surface area (Å²) in [6.07, 6.45) is 4.27. The maximum absolute atomic E-state index is 13.0. The summed E-state index contributed by atoms with van der Waals surface area (Å²) in [6.45, 7) is 1.24. The summed E-state index contributed by atoms with van der Waals surface area (Å²) in [5, 5.41) is 15.2. The van der Waals surface area contributed by atoms with Crippen LogP contribution in [0, 0.1) is 23.1 Å². The van der Waals surface area contributed by atoms with Gasteiger partial charge >= 0.3 is 0 Å². The fraction of sp³-hybridized carbons (Fsp3) is 0.529. The molecule has 4 nitrogen and oxygen atoms in total. The Morgan fingerprint density at radius 3 is 3.00 bits per heavy atom. The zero-order valence-electron chi connectivity index (χ0n) is 12.6. The normalized spacial score (nSPS) is 21.1. The third-order valence-electron chi connectivity index (χ3n) is 3.99. The van der Waals surface area contributed by atoms with Crippen LogP contribution in [0.15, 0.2) is 24.3 Å². The molecule has 1 aromatic carbocycles. The molecule has 2 atom stereocenters. The van der Waals surface area contributed by atoms with Gasteiger partial charge in [-0.25, -0.2) is 4.39 Å². The summed E-state index contributed by atoms with van der Waals surface area (Å²) in [6, 6.07) is 8.80. The van der Waals surface area contributed by atoms with Gasteiger partial charge in [0.25, 0.3) is 0 Å². The van der Waals surface area contributed by atoms with Crippen LogP contribution >= 0.6 is 0 Å². The van der Waals surface area contributed by atoms with Crippen molar-refractivity contribution in [2.24, 2.45) is 5.92 Å². The molecule has 1 aromatic rings. The van der Waals surface area contributed by atoms with E-state index < -0.39 is 0 Å². The third-order valence-corrected chi connectivity index (χ3v) is 3.99. The number of nitrogens with one attached hydrogen (secondary N) is 2. The average Bonchev–Trinajstić information content (AvgIpc) is 2.52. The number of amides is 1. The van der Waals surface area contributed by atoms with Crippen LogP contribution in [0.2, 0.25) is 0 Å². The van der Waals surface area contributed by atoms with E-state index in [-0.39, 0.29) is 24.1 Å². The topological polar surface area (TPSA) is 64.9 Å². The average molecular weight is 303 g/mol. The summed E-state index contributed by atoms with van der Waals surface area (Å²) in [5.74, 6) is -0.268. The number of halogens is 1. The minimum atomic E-state index is -0.323. The third kappa shape index (κ3) is 5.45. The molecule has 118 valence electrons. The SMILES string of the molecule is N#C[C@H]1CCC[C@@H](NCCNC(=O)Cc2cccc(F)c2)C1. The number of benzene rings is 1. The van der Waals surface area contributed by atoms with Crippen LogP contribution in [-0.4, -0.2) is 25.0 Å². The highest BCUT2D eigenvalue weighted by Gasteiger charge is 2.20. The van der Waals surface area contributed by atoms with Crippen molar-refractivity contribution in [3.05, 3.63) is 35.6 Å². The van der Waals surface area contributed by atoms with Crippen molar-refractivity contribution < 1.29 is 9.18 Å². The van der Waals surface area contributed by atoms with Crippen LogP contribution < -0.4 is 10.6 Å². The van der Waals surface area contributed by atoms with Crippen molar-refractivity contribution in [3.8, 4) is 6.07 Å². The molecule has 1 amide bonds. The number of hydrogen-bond donors (Lipinski definition) is 2. The molecule has 1 aliphatic carbocycles. The van der Waals surface area contributed by atoms with Gasteiger partial charge < -0.3 is 10.6 Å². The largest absolute Gasteiger partial charge is 0.355 e. The van der Waals surface area contributed by atoms with Gasteiger partial charge in [-0.1, -0.05) is 18.6 Å². The minimum Gasteiger partial charge on any atom is -0.355 e. The first kappa shape index (κ1) is 16.4. The first-order valence-electron chi connectivity index (χ1n) is 7.81. The van der Waals surface area contributed by atoms with Gasteiger partial charge in [-0.3, -0.25) is 4.79 Å². The molecule has 2 N–H and O–H groups in total. The molecule has 1 fully saturated rings. The zero-order valence-corrected chi connectivity index (χ0v) is 12.6. The zero-order chi connectivity index (χ0) is 15.8. The first-order chi connectivity index (χ1) is 10.7. The van der Waals surface area contributed by atoms with Gasteiger partial charge in [0.2, 0.25) is 5.91 Å². The number of nitrogens with zero attached hydrogens (tertiary/aromatic N) is 1. The van der Waals surface area contributed by atoms with Crippen molar-refractivity contribution in [1.29, 1.82) is 5.26 Å². The molecular formula is C17H22FN3O. The van der Waals surface area contributed by atoms with Gasteiger partial charge in [-0.05, 0) is 37.0 Å². The van der Waals surface area contributed by atoms with E-state index in [1.54, 1.807) is 12.1 Å². The lowest BCUT2D eigenvalue weighted by atomic mass is 9.87. The van der Waals surface area contributed by atoms with Gasteiger partial charge in [-0.2, -0.15) is 5.26 Å². The van der Waals surface area contributed by atoms with Gasteiger partial charge in [0.05, 0.1) is 12.5 Å². The highest BCUT2D eigenvalue weighted by Crippen LogP contribution is 2.23. The van der Waals surface area contributed by atoms with Crippen molar-refractivity contribution in [3.63, 3.8) is 0 Å². The van der Waals surface area contributed by atoms with Crippen LogP contribution in [0.4, 0.5) is 4.39 Å². The maximum Gasteiger partial charge on any atom is 0.224 e. The van der Waals surface area contributed by atoms with E-state index in [0.29, 0.717) is 24.7 Å². The molecule has 1 aliphatic rings. The Hall–Kier alpha value is -1.93. The minimum absolute atomic E-state index is 0.106. The van der Waals surface area contributed by atoms with Crippen molar-refractivity contribution >= 4 is 5.91 Å². The molecule has 0 aromatic heterocycles. The lowest BCUT2D eigenvalue weighted by Gasteiger charge is -2.26. The second kappa shape index (κ2) is 8.50. The van der Waals surface area contributed by atoms with E-state index in [4.69, 9.17) is 5.26 Å². The van der Waals surface area contributed by atoms with E-state index in [9.17, 15) is 9.18 Å². The highest BCUT2D eigenvalue weighted by molar-refractivity contribution is 5.78. The van der Waals surface area contributed by atoms with Gasteiger partial charge in [-0.15, -0.1) is 0 Å². The molecule has 0 heterocycles. The quantitative estimate of drug-likeness (QED) is 0.792. The number of carbonyl (C=O) groups is 1. The molecule has 2 rings (SSSR count). The molecule has 5 heteroatoms. The predicted octanol–water partition coefficient (Wildman–Crippen LogP) is 2.16. The molecule has 22 heavy (non-hydrogen) atoms. The summed E-state index contributed by atoms with van der Waals surface area (Å²) in [7, 11) is 0. The second-order valence-corrected chi connectivity index (χ2v) is 5.80. The fourth-order valence-corrected chi connectivity index (χ4v) is 2.87. The lowest BCUT2D eigenvalue weighted by Crippen LogP contribution is -2.39. The van der Waals surface area contributed by atoms with Crippen molar-refractivity contribution in [2.45, 2.75) is 38.1 Å². The number of rotatable bonds is 6. The van der Waals surface area contributed by atoms with E-state index >= 15 is 0 Å². The molecule has 1 saturated carbocycles. The Balaban J connectivity index is 1.62. The van der Waals surface area contributed by atoms with Crippen LogP contribution in [0.1, 0.15) is 31.2 Å². The van der Waals surface area contributed by atoms with Crippen LogP contribution in [0.5, 0.6) is 0 Å². The lowest BCUT2D eigenvalue weighted by molar-refractivity contribution is -0.120. The standard InChI is InChI=1S/C17H22FN3O/c18-15-5-1-3-13(9-15)11-17(22)21-8-7-20-16-6-2-4-14(10-16)12-19/h1,3,5,9,14,16,20H,2,4,6-8,10-11H2,(H,21,22)/t14-,16+/m0/s1. The fourth-order valence-electron chi connectivity index (χ4n) is 2.87. The van der Waals surface area contributed by atoms with Crippen molar-refractivity contribution in [1.82, 2.24) is 10.6 Å². The number of carbonyl (C=O) groups excluding carboxylic acids is 1. The maximum atomic E-state index is 13.0. The van der Waals surface area contributed by atoms with E-state index in [0.717, 1.165) is 25.7 Å². The van der Waals surface area contributed by atoms with E-state index in [2.05, 4.69) is 16.7 Å². The van der Waals surface area contributed by atoms with Gasteiger partial charge in [0.1, 0.15) is 5.82 Å². The molecule has 0 bridgehead atoms. The van der Waals surface area contributed by atoms with Crippen LogP contribution in [0.3, 0.4) is 0 Å². The molecule has 0 unspecified atom stereocenters. The smallest absolute Gasteiger partial charge is 0.224 e. The summed E-state index contributed by atoms with van der Waals surface area (Å²) in [4.78, 5) is 11.8. The monoisotopic (exact) mass is 303 g/mol. The van der Waals surface area contributed by atoms with Crippen molar-refractivity contribution in [2.75, 3.05) is 13.1 Å². The molecule has 0 aliphatic heterocycles.